The number of nitrogens with one attached hydrogen (secondary N) is 1. The molecule has 1 atom stereocenters. The van der Waals surface area contributed by atoms with Crippen LogP contribution in [0.25, 0.3) is 0 Å². The van der Waals surface area contributed by atoms with Crippen molar-refractivity contribution in [2.24, 2.45) is 0 Å². The fourth-order valence-corrected chi connectivity index (χ4v) is 2.95. The van der Waals surface area contributed by atoms with Gasteiger partial charge in [0.25, 0.3) is 17.7 Å². The van der Waals surface area contributed by atoms with Crippen LogP contribution in [0.1, 0.15) is 49.6 Å². The minimum absolute atomic E-state index is 0.0914. The number of hydrogen-bond donors (Lipinski definition) is 1. The van der Waals surface area contributed by atoms with Gasteiger partial charge in [-0.15, -0.1) is 0 Å². The number of hydrogen-bond acceptors (Lipinski definition) is 5. The maximum atomic E-state index is 12.2. The summed E-state index contributed by atoms with van der Waals surface area (Å²) in [6, 6.07) is 10.8. The summed E-state index contributed by atoms with van der Waals surface area (Å²) in [4.78, 5) is 49.1. The second-order valence-corrected chi connectivity index (χ2v) is 6.78. The van der Waals surface area contributed by atoms with Crippen LogP contribution < -0.4 is 5.32 Å². The van der Waals surface area contributed by atoms with Crippen LogP contribution in [0.2, 0.25) is 5.02 Å². The molecule has 0 radical (unpaired) electrons. The molecule has 0 saturated carbocycles. The number of benzene rings is 2. The number of carbonyl (C=O) groups excluding carboxylic acids is 4. The molecule has 28 heavy (non-hydrogen) atoms. The Morgan fingerprint density at radius 2 is 1.71 bits per heavy atom. The lowest BCUT2D eigenvalue weighted by Crippen LogP contribution is -2.31. The minimum atomic E-state index is -0.758. The number of fused-ring (bicyclic) bond motifs is 1. The number of rotatable bonds is 5. The molecule has 0 spiro atoms. The molecule has 1 N–H and O–H groups in total. The molecule has 1 aliphatic heterocycles. The van der Waals surface area contributed by atoms with Crippen molar-refractivity contribution in [3.05, 3.63) is 69.7 Å². The third-order valence-corrected chi connectivity index (χ3v) is 4.66. The van der Waals surface area contributed by atoms with Gasteiger partial charge in [0.1, 0.15) is 0 Å². The first-order valence-corrected chi connectivity index (χ1v) is 8.84. The van der Waals surface area contributed by atoms with Crippen LogP contribution in [0.4, 0.5) is 0 Å². The summed E-state index contributed by atoms with van der Waals surface area (Å²) in [6.07, 6.45) is 0. The molecule has 2 aromatic rings. The molecule has 3 amide bonds. The molecule has 7 nitrogen and oxygen atoms in total. The van der Waals surface area contributed by atoms with Crippen LogP contribution >= 0.6 is 11.6 Å². The molecule has 144 valence electrons. The van der Waals surface area contributed by atoms with E-state index in [1.807, 2.05) is 0 Å². The predicted octanol–water partition coefficient (Wildman–Crippen LogP) is 2.60. The Morgan fingerprint density at radius 1 is 1.07 bits per heavy atom. The van der Waals surface area contributed by atoms with Crippen molar-refractivity contribution in [1.29, 1.82) is 0 Å². The number of imide groups is 1. The fraction of sp³-hybridized carbons (Fsp3) is 0.200. The van der Waals surface area contributed by atoms with E-state index in [0.29, 0.717) is 5.02 Å². The van der Waals surface area contributed by atoms with Gasteiger partial charge in [-0.1, -0.05) is 23.7 Å². The summed E-state index contributed by atoms with van der Waals surface area (Å²) in [5, 5.41) is 3.31. The number of carbonyl (C=O) groups is 4. The van der Waals surface area contributed by atoms with Crippen LogP contribution in [0.3, 0.4) is 0 Å². The van der Waals surface area contributed by atoms with Gasteiger partial charge in [-0.3, -0.25) is 19.3 Å². The Balaban J connectivity index is 1.58. The zero-order valence-electron chi connectivity index (χ0n) is 15.2. The molecule has 1 heterocycles. The normalized spacial score (nSPS) is 13.9. The van der Waals surface area contributed by atoms with Crippen LogP contribution in [0.15, 0.2) is 42.5 Å². The smallest absolute Gasteiger partial charge is 0.338 e. The molecule has 0 fully saturated rings. The Bertz CT molecular complexity index is 971. The van der Waals surface area contributed by atoms with Gasteiger partial charge in [-0.2, -0.15) is 0 Å². The number of ether oxygens (including phenoxy) is 1. The molecule has 0 saturated heterocycles. The van der Waals surface area contributed by atoms with E-state index < -0.39 is 30.3 Å². The van der Waals surface area contributed by atoms with Crippen LogP contribution in [0, 0.1) is 0 Å². The highest BCUT2D eigenvalue weighted by molar-refractivity contribution is 6.30. The van der Waals surface area contributed by atoms with E-state index in [2.05, 4.69) is 5.32 Å². The molecule has 0 bridgehead atoms. The number of nitrogens with zero attached hydrogens (tertiary/aromatic N) is 1. The first-order valence-electron chi connectivity index (χ1n) is 8.46. The van der Waals surface area contributed by atoms with Gasteiger partial charge in [0, 0.05) is 12.1 Å². The average molecular weight is 401 g/mol. The molecule has 1 unspecified atom stereocenters. The molecule has 2 aromatic carbocycles. The molecule has 1 aliphatic rings. The van der Waals surface area contributed by atoms with Crippen LogP contribution in [-0.4, -0.2) is 42.2 Å². The third kappa shape index (κ3) is 3.89. The summed E-state index contributed by atoms with van der Waals surface area (Å²) >= 11 is 5.84. The molecule has 0 aliphatic carbocycles. The lowest BCUT2D eigenvalue weighted by Gasteiger charge is -2.14. The van der Waals surface area contributed by atoms with Crippen molar-refractivity contribution in [2.45, 2.75) is 13.0 Å². The van der Waals surface area contributed by atoms with Gasteiger partial charge in [-0.25, -0.2) is 4.79 Å². The lowest BCUT2D eigenvalue weighted by atomic mass is 10.1. The zero-order valence-corrected chi connectivity index (χ0v) is 15.9. The first kappa shape index (κ1) is 19.6. The number of halogens is 1. The van der Waals surface area contributed by atoms with Crippen LogP contribution in [-0.2, 0) is 9.53 Å². The number of esters is 1. The Hall–Kier alpha value is -3.19. The third-order valence-electron chi connectivity index (χ3n) is 4.41. The van der Waals surface area contributed by atoms with E-state index in [0.717, 1.165) is 10.5 Å². The van der Waals surface area contributed by atoms with E-state index in [4.69, 9.17) is 16.3 Å². The molecule has 0 aromatic heterocycles. The van der Waals surface area contributed by atoms with Crippen LogP contribution in [0.5, 0.6) is 0 Å². The zero-order chi connectivity index (χ0) is 20.4. The van der Waals surface area contributed by atoms with Gasteiger partial charge >= 0.3 is 5.97 Å². The SMILES string of the molecule is CC(NC(=O)COC(=O)c1ccc2c(c1)C(=O)N(C)C2=O)c1ccc(Cl)cc1. The van der Waals surface area contributed by atoms with E-state index in [1.54, 1.807) is 31.2 Å². The van der Waals surface area contributed by atoms with E-state index >= 15 is 0 Å². The monoisotopic (exact) mass is 400 g/mol. The van der Waals surface area contributed by atoms with E-state index in [-0.39, 0.29) is 22.7 Å². The molecular weight excluding hydrogens is 384 g/mol. The predicted molar refractivity (Wildman–Crippen MR) is 101 cm³/mol. The Kier molecular flexibility index (Phi) is 5.46. The van der Waals surface area contributed by atoms with Crippen molar-refractivity contribution in [3.63, 3.8) is 0 Å². The van der Waals surface area contributed by atoms with Gasteiger partial charge in [0.2, 0.25) is 0 Å². The second-order valence-electron chi connectivity index (χ2n) is 6.35. The summed E-state index contributed by atoms with van der Waals surface area (Å²) in [5.41, 5.74) is 1.32. The topological polar surface area (TPSA) is 92.8 Å². The Labute approximate surface area is 166 Å². The second kappa shape index (κ2) is 7.82. The summed E-state index contributed by atoms with van der Waals surface area (Å²) in [5.74, 6) is -2.13. The quantitative estimate of drug-likeness (QED) is 0.615. The fourth-order valence-electron chi connectivity index (χ4n) is 2.82. The van der Waals surface area contributed by atoms with Gasteiger partial charge in [0.15, 0.2) is 6.61 Å². The van der Waals surface area contributed by atoms with Gasteiger partial charge in [-0.05, 0) is 42.8 Å². The number of amides is 3. The molecular formula is C20H17ClN2O5. The first-order chi connectivity index (χ1) is 13.3. The minimum Gasteiger partial charge on any atom is -0.452 e. The maximum Gasteiger partial charge on any atom is 0.338 e. The van der Waals surface area contributed by atoms with E-state index in [1.165, 1.54) is 25.2 Å². The summed E-state index contributed by atoms with van der Waals surface area (Å²) in [6.45, 7) is 1.32. The highest BCUT2D eigenvalue weighted by Gasteiger charge is 2.33. The van der Waals surface area contributed by atoms with Crippen molar-refractivity contribution in [2.75, 3.05) is 13.7 Å². The highest BCUT2D eigenvalue weighted by atomic mass is 35.5. The molecule has 3 rings (SSSR count). The Morgan fingerprint density at radius 3 is 2.39 bits per heavy atom. The van der Waals surface area contributed by atoms with Crippen molar-refractivity contribution >= 4 is 35.3 Å². The average Bonchev–Trinajstić information content (AvgIpc) is 2.90. The van der Waals surface area contributed by atoms with Crippen molar-refractivity contribution in [3.8, 4) is 0 Å². The lowest BCUT2D eigenvalue weighted by molar-refractivity contribution is -0.124. The maximum absolute atomic E-state index is 12.2. The summed E-state index contributed by atoms with van der Waals surface area (Å²) in [7, 11) is 1.37. The standard InChI is InChI=1S/C20H17ClN2O5/c1-11(12-3-6-14(21)7-4-12)22-17(24)10-28-20(27)13-5-8-15-16(9-13)19(26)23(2)18(15)25/h3-9,11H,10H2,1-2H3,(H,22,24). The van der Waals surface area contributed by atoms with Gasteiger partial charge < -0.3 is 10.1 Å². The molecule has 8 heteroatoms. The van der Waals surface area contributed by atoms with Crippen molar-refractivity contribution < 1.29 is 23.9 Å². The van der Waals surface area contributed by atoms with Gasteiger partial charge in [0.05, 0.1) is 22.7 Å². The largest absolute Gasteiger partial charge is 0.452 e. The summed E-state index contributed by atoms with van der Waals surface area (Å²) < 4.78 is 5.01. The van der Waals surface area contributed by atoms with Crippen molar-refractivity contribution in [1.82, 2.24) is 10.2 Å². The highest BCUT2D eigenvalue weighted by Crippen LogP contribution is 2.23. The van der Waals surface area contributed by atoms with E-state index in [9.17, 15) is 19.2 Å².